The van der Waals surface area contributed by atoms with Gasteiger partial charge in [0.15, 0.2) is 11.5 Å². The van der Waals surface area contributed by atoms with E-state index in [4.69, 9.17) is 28.9 Å². The molecular weight excluding hydrogens is 321 g/mol. The maximum atomic E-state index is 13.0. The summed E-state index contributed by atoms with van der Waals surface area (Å²) in [5.74, 6) is 0.300. The lowest BCUT2D eigenvalue weighted by molar-refractivity contribution is -0.133. The predicted octanol–water partition coefficient (Wildman–Crippen LogP) is 3.56. The summed E-state index contributed by atoms with van der Waals surface area (Å²) < 4.78 is 0. The van der Waals surface area contributed by atoms with Crippen LogP contribution in [0.4, 0.5) is 0 Å². The number of nitrogens with zero attached hydrogens (tertiary/aromatic N) is 2. The van der Waals surface area contributed by atoms with Gasteiger partial charge in [-0.25, -0.2) is 4.99 Å². The van der Waals surface area contributed by atoms with Gasteiger partial charge in [0.05, 0.1) is 0 Å². The largest absolute Gasteiger partial charge is 0.369 e. The first-order chi connectivity index (χ1) is 10.4. The van der Waals surface area contributed by atoms with E-state index >= 15 is 0 Å². The molecule has 1 aliphatic heterocycles. The summed E-state index contributed by atoms with van der Waals surface area (Å²) >= 11 is 12.3. The Morgan fingerprint density at radius 2 is 1.77 bits per heavy atom. The van der Waals surface area contributed by atoms with Crippen LogP contribution in [-0.4, -0.2) is 23.8 Å². The van der Waals surface area contributed by atoms with Crippen LogP contribution < -0.4 is 5.73 Å². The molecule has 1 saturated carbocycles. The molecule has 0 aromatic heterocycles. The Morgan fingerprint density at radius 3 is 2.27 bits per heavy atom. The summed E-state index contributed by atoms with van der Waals surface area (Å²) in [6, 6.07) is 5.24. The van der Waals surface area contributed by atoms with Gasteiger partial charge in [0.2, 0.25) is 0 Å². The van der Waals surface area contributed by atoms with Crippen molar-refractivity contribution >= 4 is 35.1 Å². The van der Waals surface area contributed by atoms with Gasteiger partial charge in [-0.05, 0) is 42.5 Å². The van der Waals surface area contributed by atoms with Gasteiger partial charge >= 0.3 is 0 Å². The highest BCUT2D eigenvalue weighted by Gasteiger charge is 2.53. The molecule has 1 fully saturated rings. The SMILES string of the molecule is CN1C(=O)C(c2cc(Cl)cc(Cl)c2)(C2CCCCC2)N=C1N. The van der Waals surface area contributed by atoms with E-state index in [0.29, 0.717) is 10.0 Å². The van der Waals surface area contributed by atoms with E-state index < -0.39 is 5.54 Å². The summed E-state index contributed by atoms with van der Waals surface area (Å²) in [5.41, 5.74) is 5.72. The maximum Gasteiger partial charge on any atom is 0.261 e. The minimum atomic E-state index is -0.978. The van der Waals surface area contributed by atoms with Crippen molar-refractivity contribution in [3.63, 3.8) is 0 Å². The Bertz CT molecular complexity index is 620. The third-order valence-electron chi connectivity index (χ3n) is 4.76. The Balaban J connectivity index is 2.17. The third kappa shape index (κ3) is 2.38. The summed E-state index contributed by atoms with van der Waals surface area (Å²) in [5, 5.41) is 1.02. The molecule has 118 valence electrons. The zero-order valence-electron chi connectivity index (χ0n) is 12.5. The van der Waals surface area contributed by atoms with Crippen LogP contribution in [0.15, 0.2) is 23.2 Å². The molecular formula is C16H19Cl2N3O. The van der Waals surface area contributed by atoms with Crippen molar-refractivity contribution in [2.45, 2.75) is 37.6 Å². The number of guanidine groups is 1. The second-order valence-corrected chi connectivity index (χ2v) is 6.97. The fraction of sp³-hybridized carbons (Fsp3) is 0.500. The molecule has 22 heavy (non-hydrogen) atoms. The van der Waals surface area contributed by atoms with E-state index in [1.54, 1.807) is 25.2 Å². The van der Waals surface area contributed by atoms with Crippen LogP contribution in [0.2, 0.25) is 10.0 Å². The first kappa shape index (κ1) is 15.6. The lowest BCUT2D eigenvalue weighted by Crippen LogP contribution is -2.45. The zero-order chi connectivity index (χ0) is 15.9. The average Bonchev–Trinajstić information content (AvgIpc) is 2.72. The van der Waals surface area contributed by atoms with Gasteiger partial charge in [0, 0.05) is 17.1 Å². The number of hydrogen-bond donors (Lipinski definition) is 1. The molecule has 4 nitrogen and oxygen atoms in total. The van der Waals surface area contributed by atoms with Gasteiger partial charge in [-0.2, -0.15) is 0 Å². The van der Waals surface area contributed by atoms with Gasteiger partial charge in [-0.1, -0.05) is 42.5 Å². The number of likely N-dealkylation sites (N-methyl/N-ethyl adjacent to an activating group) is 1. The van der Waals surface area contributed by atoms with Gasteiger partial charge in [-0.15, -0.1) is 0 Å². The molecule has 1 amide bonds. The Labute approximate surface area is 140 Å². The van der Waals surface area contributed by atoms with Gasteiger partial charge < -0.3 is 5.73 Å². The fourth-order valence-electron chi connectivity index (χ4n) is 3.65. The van der Waals surface area contributed by atoms with Crippen molar-refractivity contribution in [1.82, 2.24) is 4.90 Å². The maximum absolute atomic E-state index is 13.0. The van der Waals surface area contributed by atoms with Gasteiger partial charge in [0.25, 0.3) is 5.91 Å². The number of carbonyl (C=O) groups excluding carboxylic acids is 1. The van der Waals surface area contributed by atoms with Crippen molar-refractivity contribution < 1.29 is 4.79 Å². The van der Waals surface area contributed by atoms with E-state index in [9.17, 15) is 4.79 Å². The monoisotopic (exact) mass is 339 g/mol. The highest BCUT2D eigenvalue weighted by atomic mass is 35.5. The lowest BCUT2D eigenvalue weighted by atomic mass is 9.71. The molecule has 2 aliphatic rings. The van der Waals surface area contributed by atoms with E-state index in [-0.39, 0.29) is 17.8 Å². The van der Waals surface area contributed by atoms with Crippen molar-refractivity contribution in [3.8, 4) is 0 Å². The topological polar surface area (TPSA) is 58.7 Å². The summed E-state index contributed by atoms with van der Waals surface area (Å²) in [6.45, 7) is 0. The first-order valence-electron chi connectivity index (χ1n) is 7.55. The Morgan fingerprint density at radius 1 is 1.18 bits per heavy atom. The number of amides is 1. The second kappa shape index (κ2) is 5.74. The molecule has 1 aromatic carbocycles. The van der Waals surface area contributed by atoms with Crippen molar-refractivity contribution in [3.05, 3.63) is 33.8 Å². The first-order valence-corrected chi connectivity index (χ1v) is 8.31. The fourth-order valence-corrected chi connectivity index (χ4v) is 4.17. The van der Waals surface area contributed by atoms with Crippen LogP contribution in [0, 0.1) is 5.92 Å². The van der Waals surface area contributed by atoms with Crippen molar-refractivity contribution in [1.29, 1.82) is 0 Å². The highest BCUT2D eigenvalue weighted by Crippen LogP contribution is 2.46. The average molecular weight is 340 g/mol. The number of benzene rings is 1. The van der Waals surface area contributed by atoms with Crippen LogP contribution in [0.1, 0.15) is 37.7 Å². The number of halogens is 2. The Kier molecular flexibility index (Phi) is 4.08. The van der Waals surface area contributed by atoms with E-state index in [1.807, 2.05) is 0 Å². The van der Waals surface area contributed by atoms with Crippen LogP contribution in [-0.2, 0) is 10.3 Å². The normalized spacial score (nSPS) is 26.4. The van der Waals surface area contributed by atoms with Crippen molar-refractivity contribution in [2.75, 3.05) is 7.05 Å². The standard InChI is InChI=1S/C16H19Cl2N3O/c1-21-14(22)16(20-15(21)19,10-5-3-2-4-6-10)11-7-12(17)9-13(18)8-11/h7-10H,2-6H2,1H3,(H2,19,20). The van der Waals surface area contributed by atoms with Crippen LogP contribution in [0.25, 0.3) is 0 Å². The number of nitrogens with two attached hydrogens (primary N) is 1. The molecule has 0 saturated heterocycles. The number of aliphatic imine (C=N–C) groups is 1. The van der Waals surface area contributed by atoms with E-state index in [0.717, 1.165) is 31.2 Å². The Hall–Kier alpha value is -1.26. The van der Waals surface area contributed by atoms with E-state index in [2.05, 4.69) is 4.99 Å². The van der Waals surface area contributed by atoms with E-state index in [1.165, 1.54) is 11.3 Å². The molecule has 0 radical (unpaired) electrons. The van der Waals surface area contributed by atoms with Gasteiger partial charge in [0.1, 0.15) is 0 Å². The smallest absolute Gasteiger partial charge is 0.261 e. The number of hydrogen-bond acceptors (Lipinski definition) is 3. The third-order valence-corrected chi connectivity index (χ3v) is 5.20. The molecule has 0 spiro atoms. The molecule has 3 rings (SSSR count). The minimum Gasteiger partial charge on any atom is -0.369 e. The predicted molar refractivity (Wildman–Crippen MR) is 89.1 cm³/mol. The summed E-state index contributed by atoms with van der Waals surface area (Å²) in [6.07, 6.45) is 5.33. The highest BCUT2D eigenvalue weighted by molar-refractivity contribution is 6.34. The number of rotatable bonds is 2. The van der Waals surface area contributed by atoms with Crippen LogP contribution >= 0.6 is 23.2 Å². The molecule has 1 aromatic rings. The van der Waals surface area contributed by atoms with Gasteiger partial charge in [-0.3, -0.25) is 9.69 Å². The minimum absolute atomic E-state index is 0.0877. The molecule has 6 heteroatoms. The zero-order valence-corrected chi connectivity index (χ0v) is 14.0. The summed E-state index contributed by atoms with van der Waals surface area (Å²) in [4.78, 5) is 19.1. The molecule has 1 unspecified atom stereocenters. The summed E-state index contributed by atoms with van der Waals surface area (Å²) in [7, 11) is 1.66. The quantitative estimate of drug-likeness (QED) is 0.895. The number of carbonyl (C=O) groups is 1. The molecule has 1 atom stereocenters. The second-order valence-electron chi connectivity index (χ2n) is 6.09. The molecule has 1 heterocycles. The molecule has 1 aliphatic carbocycles. The van der Waals surface area contributed by atoms with Crippen molar-refractivity contribution in [2.24, 2.45) is 16.6 Å². The molecule has 2 N–H and O–H groups in total. The lowest BCUT2D eigenvalue weighted by Gasteiger charge is -2.36. The van der Waals surface area contributed by atoms with Crippen LogP contribution in [0.5, 0.6) is 0 Å². The van der Waals surface area contributed by atoms with Crippen LogP contribution in [0.3, 0.4) is 0 Å². The molecule has 0 bridgehead atoms.